The quantitative estimate of drug-likeness (QED) is 0.259. The third kappa shape index (κ3) is 3.96. The highest BCUT2D eigenvalue weighted by atomic mass is 35.5. The second kappa shape index (κ2) is 9.41. The van der Waals surface area contributed by atoms with Crippen molar-refractivity contribution >= 4 is 45.7 Å². The number of rotatable bonds is 5. The van der Waals surface area contributed by atoms with Crippen molar-refractivity contribution in [1.29, 1.82) is 0 Å². The van der Waals surface area contributed by atoms with Crippen LogP contribution in [0, 0.1) is 6.92 Å². The van der Waals surface area contributed by atoms with Gasteiger partial charge in [0.25, 0.3) is 0 Å². The fourth-order valence-corrected chi connectivity index (χ4v) is 5.46. The van der Waals surface area contributed by atoms with Crippen LogP contribution in [0.1, 0.15) is 47.1 Å². The summed E-state index contributed by atoms with van der Waals surface area (Å²) in [7, 11) is 0. The van der Waals surface area contributed by atoms with E-state index >= 15 is 0 Å². The molecule has 0 aliphatic carbocycles. The summed E-state index contributed by atoms with van der Waals surface area (Å²) in [5.74, 6) is -0.947. The lowest BCUT2D eigenvalue weighted by atomic mass is 9.94. The van der Waals surface area contributed by atoms with Crippen molar-refractivity contribution in [3.05, 3.63) is 108 Å². The Bertz CT molecular complexity index is 1800. The number of carboxylic acids is 1. The van der Waals surface area contributed by atoms with Gasteiger partial charge in [0.15, 0.2) is 0 Å². The molecule has 0 atom stereocenters. The summed E-state index contributed by atoms with van der Waals surface area (Å²) in [6.07, 6.45) is 4.89. The van der Waals surface area contributed by atoms with Gasteiger partial charge >= 0.3 is 5.97 Å². The summed E-state index contributed by atoms with van der Waals surface area (Å²) >= 11 is 0. The molecule has 0 aliphatic rings. The van der Waals surface area contributed by atoms with Crippen LogP contribution in [0.3, 0.4) is 0 Å². The Hall–Kier alpha value is -4.09. The van der Waals surface area contributed by atoms with Gasteiger partial charge in [0.05, 0.1) is 17.0 Å². The molecular formula is C31H28ClN3O2. The normalized spacial score (nSPS) is 11.5. The average molecular weight is 510 g/mol. The van der Waals surface area contributed by atoms with Crippen molar-refractivity contribution in [3.8, 4) is 11.3 Å². The van der Waals surface area contributed by atoms with E-state index in [0.717, 1.165) is 22.1 Å². The Kier molecular flexibility index (Phi) is 6.26. The summed E-state index contributed by atoms with van der Waals surface area (Å²) in [6.45, 7) is 6.54. The van der Waals surface area contributed by atoms with Crippen molar-refractivity contribution in [1.82, 2.24) is 14.0 Å². The number of hydrogen-bond donors (Lipinski definition) is 1. The van der Waals surface area contributed by atoms with Crippen molar-refractivity contribution in [2.45, 2.75) is 33.2 Å². The van der Waals surface area contributed by atoms with E-state index in [1.807, 2.05) is 60.8 Å². The molecule has 0 bridgehead atoms. The number of aryl methyl sites for hydroxylation is 1. The molecule has 0 amide bonds. The van der Waals surface area contributed by atoms with Crippen LogP contribution in [-0.2, 0) is 6.42 Å². The minimum absolute atomic E-state index is 0. The van der Waals surface area contributed by atoms with Gasteiger partial charge in [-0.05, 0) is 60.9 Å². The van der Waals surface area contributed by atoms with Gasteiger partial charge in [-0.25, -0.2) is 9.78 Å². The lowest BCUT2D eigenvalue weighted by Crippen LogP contribution is -2.03. The SMILES string of the molecule is Cc1cccc2c1c(Cc1c(-c3ccc4ccccc4c3C(=O)O)nc3ccccn13)cn2C(C)C.Cl. The van der Waals surface area contributed by atoms with Gasteiger partial charge < -0.3 is 14.1 Å². The molecule has 6 rings (SSSR count). The van der Waals surface area contributed by atoms with E-state index in [0.29, 0.717) is 29.3 Å². The molecule has 0 spiro atoms. The molecule has 1 N–H and O–H groups in total. The maximum absolute atomic E-state index is 12.6. The molecule has 0 saturated carbocycles. The second-order valence-corrected chi connectivity index (χ2v) is 9.65. The Morgan fingerprint density at radius 2 is 1.76 bits per heavy atom. The molecule has 3 heterocycles. The number of aromatic nitrogens is 3. The number of nitrogens with zero attached hydrogens (tertiary/aromatic N) is 3. The van der Waals surface area contributed by atoms with Crippen LogP contribution in [-0.4, -0.2) is 25.0 Å². The summed E-state index contributed by atoms with van der Waals surface area (Å²) in [6, 6.07) is 24.2. The van der Waals surface area contributed by atoms with Gasteiger partial charge in [-0.2, -0.15) is 0 Å². The summed E-state index contributed by atoms with van der Waals surface area (Å²) in [4.78, 5) is 17.5. The third-order valence-electron chi connectivity index (χ3n) is 7.09. The van der Waals surface area contributed by atoms with E-state index in [-0.39, 0.29) is 12.4 Å². The van der Waals surface area contributed by atoms with Crippen molar-refractivity contribution in [3.63, 3.8) is 0 Å². The Labute approximate surface area is 221 Å². The smallest absolute Gasteiger partial charge is 0.337 e. The highest BCUT2D eigenvalue weighted by molar-refractivity contribution is 6.09. The highest BCUT2D eigenvalue weighted by Gasteiger charge is 2.23. The van der Waals surface area contributed by atoms with Gasteiger partial charge in [0.2, 0.25) is 0 Å². The first-order valence-electron chi connectivity index (χ1n) is 12.2. The number of aromatic carboxylic acids is 1. The predicted octanol–water partition coefficient (Wildman–Crippen LogP) is 7.71. The molecule has 5 nitrogen and oxygen atoms in total. The number of fused-ring (bicyclic) bond motifs is 3. The topological polar surface area (TPSA) is 59.5 Å². The molecule has 3 aromatic carbocycles. The van der Waals surface area contributed by atoms with Gasteiger partial charge in [-0.3, -0.25) is 0 Å². The minimum atomic E-state index is -0.947. The Morgan fingerprint density at radius 3 is 2.54 bits per heavy atom. The van der Waals surface area contributed by atoms with Gasteiger partial charge in [-0.1, -0.05) is 54.6 Å². The van der Waals surface area contributed by atoms with Crippen LogP contribution in [0.4, 0.5) is 0 Å². The fourth-order valence-electron chi connectivity index (χ4n) is 5.46. The van der Waals surface area contributed by atoms with Crippen LogP contribution >= 0.6 is 12.4 Å². The number of carbonyl (C=O) groups is 1. The minimum Gasteiger partial charge on any atom is -0.478 e. The van der Waals surface area contributed by atoms with Crippen LogP contribution in [0.5, 0.6) is 0 Å². The van der Waals surface area contributed by atoms with Crippen LogP contribution in [0.2, 0.25) is 0 Å². The van der Waals surface area contributed by atoms with E-state index in [1.165, 1.54) is 22.0 Å². The lowest BCUT2D eigenvalue weighted by molar-refractivity contribution is 0.0700. The number of pyridine rings is 1. The molecule has 37 heavy (non-hydrogen) atoms. The number of benzene rings is 3. The largest absolute Gasteiger partial charge is 0.478 e. The van der Waals surface area contributed by atoms with Gasteiger partial charge in [0, 0.05) is 41.3 Å². The number of halogens is 1. The van der Waals surface area contributed by atoms with E-state index in [1.54, 1.807) is 0 Å². The van der Waals surface area contributed by atoms with E-state index < -0.39 is 5.97 Å². The molecule has 3 aromatic heterocycles. The molecule has 0 fully saturated rings. The number of imidazole rings is 1. The summed E-state index contributed by atoms with van der Waals surface area (Å²) in [5.41, 5.74) is 7.08. The fraction of sp³-hybridized carbons (Fsp3) is 0.161. The molecule has 0 saturated heterocycles. The zero-order valence-electron chi connectivity index (χ0n) is 21.0. The zero-order chi connectivity index (χ0) is 25.0. The number of carboxylic acid groups (broad SMARTS) is 1. The van der Waals surface area contributed by atoms with Crippen molar-refractivity contribution in [2.24, 2.45) is 0 Å². The first kappa shape index (κ1) is 24.6. The van der Waals surface area contributed by atoms with Crippen LogP contribution < -0.4 is 0 Å². The first-order chi connectivity index (χ1) is 17.4. The molecule has 186 valence electrons. The van der Waals surface area contributed by atoms with Crippen molar-refractivity contribution in [2.75, 3.05) is 0 Å². The Balaban J connectivity index is 0.00000280. The molecule has 0 unspecified atom stereocenters. The Morgan fingerprint density at radius 1 is 0.973 bits per heavy atom. The van der Waals surface area contributed by atoms with Gasteiger partial charge in [0.1, 0.15) is 5.65 Å². The zero-order valence-corrected chi connectivity index (χ0v) is 21.8. The summed E-state index contributed by atoms with van der Waals surface area (Å²) in [5, 5.41) is 13.2. The van der Waals surface area contributed by atoms with E-state index in [9.17, 15) is 9.90 Å². The standard InChI is InChI=1S/C31H27N3O2.ClH/c1-19(2)34-18-22(28-20(3)9-8-12-25(28)34)17-26-30(32-27-13-6-7-16-33(26)27)24-15-14-21-10-4-5-11-23(21)29(24)31(35)36;/h4-16,18-19H,17H2,1-3H3,(H,35,36);1H. The average Bonchev–Trinajstić information content (AvgIpc) is 3.43. The third-order valence-corrected chi connectivity index (χ3v) is 7.09. The molecule has 0 aliphatic heterocycles. The molecule has 6 heteroatoms. The highest BCUT2D eigenvalue weighted by Crippen LogP contribution is 2.36. The van der Waals surface area contributed by atoms with E-state index in [2.05, 4.69) is 54.1 Å². The predicted molar refractivity (Wildman–Crippen MR) is 152 cm³/mol. The first-order valence-corrected chi connectivity index (χ1v) is 12.2. The summed E-state index contributed by atoms with van der Waals surface area (Å²) < 4.78 is 4.41. The van der Waals surface area contributed by atoms with Crippen LogP contribution in [0.15, 0.2) is 85.2 Å². The monoisotopic (exact) mass is 509 g/mol. The van der Waals surface area contributed by atoms with Gasteiger partial charge in [-0.15, -0.1) is 12.4 Å². The second-order valence-electron chi connectivity index (χ2n) is 9.65. The molecule has 6 aromatic rings. The van der Waals surface area contributed by atoms with Crippen LogP contribution in [0.25, 0.3) is 38.6 Å². The molecular weight excluding hydrogens is 482 g/mol. The number of hydrogen-bond acceptors (Lipinski definition) is 2. The maximum atomic E-state index is 12.6. The lowest BCUT2D eigenvalue weighted by Gasteiger charge is -2.11. The van der Waals surface area contributed by atoms with E-state index in [4.69, 9.17) is 4.98 Å². The van der Waals surface area contributed by atoms with Crippen molar-refractivity contribution < 1.29 is 9.90 Å². The molecule has 0 radical (unpaired) electrons. The maximum Gasteiger partial charge on any atom is 0.337 e.